The Kier molecular flexibility index (Phi) is 6.21. The summed E-state index contributed by atoms with van der Waals surface area (Å²) in [5.74, 6) is 0.745. The maximum atomic E-state index is 10.7. The van der Waals surface area contributed by atoms with Crippen molar-refractivity contribution in [2.75, 3.05) is 0 Å². The van der Waals surface area contributed by atoms with Crippen LogP contribution in [0.1, 0.15) is 34.1 Å². The molecule has 1 radical (unpaired) electrons. The van der Waals surface area contributed by atoms with Crippen LogP contribution in [0.5, 0.6) is 0 Å². The molecule has 0 saturated heterocycles. The predicted octanol–water partition coefficient (Wildman–Crippen LogP) is 3.33. The molecule has 73 valence electrons. The Bertz CT molecular complexity index is 211. The first-order chi connectivity index (χ1) is 6.18. The van der Waals surface area contributed by atoms with Gasteiger partial charge in [-0.15, -0.1) is 0 Å². The molecule has 0 aromatic heterocycles. The molecular weight excluding hydrogens is 160 g/mol. The predicted molar refractivity (Wildman–Crippen MR) is 57.3 cm³/mol. The highest BCUT2D eigenvalue weighted by atomic mass is 16.1. The minimum atomic E-state index is 0.226. The van der Waals surface area contributed by atoms with E-state index in [2.05, 4.69) is 19.4 Å². The molecule has 1 aliphatic rings. The fourth-order valence-corrected chi connectivity index (χ4v) is 1.08. The molecule has 1 nitrogen and oxygen atoms in total. The van der Waals surface area contributed by atoms with Crippen molar-refractivity contribution in [2.45, 2.75) is 34.1 Å². The molecule has 0 bridgehead atoms. The van der Waals surface area contributed by atoms with E-state index in [-0.39, 0.29) is 5.78 Å². The van der Waals surface area contributed by atoms with Crippen LogP contribution in [0.2, 0.25) is 0 Å². The first-order valence-electron chi connectivity index (χ1n) is 4.90. The smallest absolute Gasteiger partial charge is 0.134 e. The standard InChI is InChI=1S/C10H13O.C2H6/c1-8-3-5-10(6-4-8)7-9(2)11;1-2/h3-6,8H,7H2,1-2H3;1-2H3. The molecule has 13 heavy (non-hydrogen) atoms. The van der Waals surface area contributed by atoms with Gasteiger partial charge in [-0.05, 0) is 24.8 Å². The van der Waals surface area contributed by atoms with Crippen molar-refractivity contribution in [3.8, 4) is 0 Å². The first kappa shape index (κ1) is 12.2. The normalized spacial score (nSPS) is 20.0. The maximum absolute atomic E-state index is 10.7. The van der Waals surface area contributed by atoms with Crippen molar-refractivity contribution in [3.63, 3.8) is 0 Å². The zero-order valence-electron chi connectivity index (χ0n) is 9.00. The Labute approximate surface area is 81.5 Å². The second-order valence-corrected chi connectivity index (χ2v) is 3.03. The Morgan fingerprint density at radius 3 is 2.46 bits per heavy atom. The summed E-state index contributed by atoms with van der Waals surface area (Å²) in [5.41, 5.74) is 1.12. The number of ketones is 1. The zero-order valence-corrected chi connectivity index (χ0v) is 9.00. The van der Waals surface area contributed by atoms with Crippen LogP contribution in [0.25, 0.3) is 0 Å². The Morgan fingerprint density at radius 2 is 2.08 bits per heavy atom. The van der Waals surface area contributed by atoms with Gasteiger partial charge in [0.05, 0.1) is 0 Å². The SMILES string of the molecule is CC.CC(=O)CC1=C[CH]C(C)C=C1. The molecule has 0 aromatic rings. The highest BCUT2D eigenvalue weighted by Crippen LogP contribution is 2.16. The molecule has 0 N–H and O–H groups in total. The van der Waals surface area contributed by atoms with Gasteiger partial charge in [0.15, 0.2) is 0 Å². The molecule has 0 aliphatic heterocycles. The van der Waals surface area contributed by atoms with Crippen molar-refractivity contribution >= 4 is 5.78 Å². The van der Waals surface area contributed by atoms with E-state index < -0.39 is 0 Å². The molecule has 0 saturated carbocycles. The molecule has 0 aromatic carbocycles. The number of allylic oxidation sites excluding steroid dienone is 4. The van der Waals surface area contributed by atoms with Gasteiger partial charge in [0.1, 0.15) is 5.78 Å². The lowest BCUT2D eigenvalue weighted by atomic mass is 9.96. The van der Waals surface area contributed by atoms with Crippen LogP contribution in [0.3, 0.4) is 0 Å². The lowest BCUT2D eigenvalue weighted by molar-refractivity contribution is -0.116. The van der Waals surface area contributed by atoms with Crippen LogP contribution in [-0.2, 0) is 4.79 Å². The zero-order chi connectivity index (χ0) is 10.3. The van der Waals surface area contributed by atoms with E-state index in [1.54, 1.807) is 6.92 Å². The summed E-state index contributed by atoms with van der Waals surface area (Å²) in [6.07, 6.45) is 8.86. The third kappa shape index (κ3) is 5.40. The summed E-state index contributed by atoms with van der Waals surface area (Å²) in [6.45, 7) is 7.74. The Balaban J connectivity index is 0.000000671. The lowest BCUT2D eigenvalue weighted by Crippen LogP contribution is -1.98. The topological polar surface area (TPSA) is 17.1 Å². The molecule has 0 fully saturated rings. The summed E-state index contributed by atoms with van der Waals surface area (Å²) < 4.78 is 0. The number of Topliss-reactive ketones (excluding diaryl/α,β-unsaturated/α-hetero) is 1. The summed E-state index contributed by atoms with van der Waals surface area (Å²) >= 11 is 0. The molecule has 1 atom stereocenters. The third-order valence-corrected chi connectivity index (χ3v) is 1.68. The molecule has 1 rings (SSSR count). The molecule has 0 spiro atoms. The highest BCUT2D eigenvalue weighted by Gasteiger charge is 2.04. The maximum Gasteiger partial charge on any atom is 0.134 e. The van der Waals surface area contributed by atoms with Crippen LogP contribution >= 0.6 is 0 Å². The van der Waals surface area contributed by atoms with Crippen molar-refractivity contribution in [3.05, 3.63) is 30.2 Å². The molecule has 1 aliphatic carbocycles. The fraction of sp³-hybridized carbons (Fsp3) is 0.500. The molecule has 0 heterocycles. The van der Waals surface area contributed by atoms with E-state index >= 15 is 0 Å². The Hall–Kier alpha value is -0.850. The summed E-state index contributed by atoms with van der Waals surface area (Å²) in [5, 5.41) is 0. The van der Waals surface area contributed by atoms with E-state index in [1.807, 2.05) is 26.0 Å². The summed E-state index contributed by atoms with van der Waals surface area (Å²) in [7, 11) is 0. The summed E-state index contributed by atoms with van der Waals surface area (Å²) in [6, 6.07) is 0. The van der Waals surface area contributed by atoms with E-state index in [4.69, 9.17) is 0 Å². The average Bonchev–Trinajstić information content (AvgIpc) is 2.12. The molecular formula is C12H19O. The van der Waals surface area contributed by atoms with Crippen LogP contribution in [0.15, 0.2) is 23.8 Å². The number of hydrogen-bond donors (Lipinski definition) is 0. The van der Waals surface area contributed by atoms with Gasteiger partial charge in [-0.1, -0.05) is 39.0 Å². The second-order valence-electron chi connectivity index (χ2n) is 3.03. The minimum Gasteiger partial charge on any atom is -0.300 e. The van der Waals surface area contributed by atoms with Gasteiger partial charge in [-0.3, -0.25) is 4.79 Å². The van der Waals surface area contributed by atoms with E-state index in [1.165, 1.54) is 0 Å². The van der Waals surface area contributed by atoms with Crippen LogP contribution in [-0.4, -0.2) is 5.78 Å². The summed E-state index contributed by atoms with van der Waals surface area (Å²) in [4.78, 5) is 10.7. The number of carbonyl (C=O) groups is 1. The van der Waals surface area contributed by atoms with Crippen molar-refractivity contribution in [1.82, 2.24) is 0 Å². The molecule has 0 amide bonds. The Morgan fingerprint density at radius 1 is 1.46 bits per heavy atom. The van der Waals surface area contributed by atoms with E-state index in [0.717, 1.165) is 5.57 Å². The third-order valence-electron chi connectivity index (χ3n) is 1.68. The van der Waals surface area contributed by atoms with Crippen molar-refractivity contribution in [1.29, 1.82) is 0 Å². The fourth-order valence-electron chi connectivity index (χ4n) is 1.08. The van der Waals surface area contributed by atoms with Crippen LogP contribution in [0, 0.1) is 12.3 Å². The van der Waals surface area contributed by atoms with E-state index in [9.17, 15) is 4.79 Å². The minimum absolute atomic E-state index is 0.226. The van der Waals surface area contributed by atoms with Gasteiger partial charge in [-0.25, -0.2) is 0 Å². The molecule has 1 unspecified atom stereocenters. The van der Waals surface area contributed by atoms with Gasteiger partial charge in [0.25, 0.3) is 0 Å². The van der Waals surface area contributed by atoms with Gasteiger partial charge < -0.3 is 0 Å². The van der Waals surface area contributed by atoms with Gasteiger partial charge in [0, 0.05) is 6.42 Å². The van der Waals surface area contributed by atoms with Gasteiger partial charge in [-0.2, -0.15) is 0 Å². The first-order valence-corrected chi connectivity index (χ1v) is 4.90. The van der Waals surface area contributed by atoms with Gasteiger partial charge in [0.2, 0.25) is 0 Å². The van der Waals surface area contributed by atoms with E-state index in [0.29, 0.717) is 12.3 Å². The van der Waals surface area contributed by atoms with Crippen LogP contribution < -0.4 is 0 Å². The number of carbonyl (C=O) groups excluding carboxylic acids is 1. The largest absolute Gasteiger partial charge is 0.300 e. The quantitative estimate of drug-likeness (QED) is 0.635. The average molecular weight is 179 g/mol. The number of rotatable bonds is 2. The number of hydrogen-bond acceptors (Lipinski definition) is 1. The van der Waals surface area contributed by atoms with Crippen molar-refractivity contribution < 1.29 is 4.79 Å². The lowest BCUT2D eigenvalue weighted by Gasteiger charge is -2.09. The van der Waals surface area contributed by atoms with Crippen molar-refractivity contribution in [2.24, 2.45) is 5.92 Å². The van der Waals surface area contributed by atoms with Crippen LogP contribution in [0.4, 0.5) is 0 Å². The molecule has 1 heteroatoms. The van der Waals surface area contributed by atoms with Gasteiger partial charge >= 0.3 is 0 Å². The highest BCUT2D eigenvalue weighted by molar-refractivity contribution is 5.78. The monoisotopic (exact) mass is 179 g/mol. The second kappa shape index (κ2) is 6.64.